The summed E-state index contributed by atoms with van der Waals surface area (Å²) in [5.41, 5.74) is 0.559. The van der Waals surface area contributed by atoms with Crippen molar-refractivity contribution in [2.75, 3.05) is 0 Å². The van der Waals surface area contributed by atoms with E-state index in [1.165, 1.54) is 32.1 Å². The Morgan fingerprint density at radius 1 is 1.18 bits per heavy atom. The highest BCUT2D eigenvalue weighted by molar-refractivity contribution is 6.04. The van der Waals surface area contributed by atoms with Crippen molar-refractivity contribution in [2.24, 2.45) is 34.5 Å². The summed E-state index contributed by atoms with van der Waals surface area (Å²) in [6, 6.07) is 0. The molecule has 1 heteroatoms. The predicted octanol–water partition coefficient (Wildman–Crippen LogP) is 4.06. The molecule has 1 nitrogen and oxygen atoms in total. The normalized spacial score (nSPS) is 53.2. The van der Waals surface area contributed by atoms with Gasteiger partial charge in [0.2, 0.25) is 0 Å². The van der Waals surface area contributed by atoms with Gasteiger partial charge in [-0.3, -0.25) is 4.79 Å². The van der Waals surface area contributed by atoms with Gasteiger partial charge in [0, 0.05) is 11.3 Å². The van der Waals surface area contributed by atoms with Crippen LogP contribution < -0.4 is 0 Å². The van der Waals surface area contributed by atoms with Crippen LogP contribution in [0.2, 0.25) is 0 Å². The second kappa shape index (κ2) is 3.36. The molecule has 0 aromatic heterocycles. The fraction of sp³-hybridized carbons (Fsp3) is 0.938. The van der Waals surface area contributed by atoms with Crippen LogP contribution in [0.3, 0.4) is 0 Å². The minimum absolute atomic E-state index is 0.0839. The van der Waals surface area contributed by atoms with Gasteiger partial charge in [0.05, 0.1) is 0 Å². The van der Waals surface area contributed by atoms with Gasteiger partial charge in [-0.2, -0.15) is 0 Å². The second-order valence-electron chi connectivity index (χ2n) is 7.72. The molecule has 0 aromatic rings. The Balaban J connectivity index is 1.88. The molecule has 0 heterocycles. The van der Waals surface area contributed by atoms with E-state index < -0.39 is 0 Å². The number of hydrogen-bond acceptors (Lipinski definition) is 1. The second-order valence-corrected chi connectivity index (χ2v) is 7.72. The molecule has 0 spiro atoms. The van der Waals surface area contributed by atoms with Crippen LogP contribution in [0.15, 0.2) is 0 Å². The SMILES string of the molecule is CC(C)[C@@H]1CC[C@]2(C)CCC3C(=O)[C@]3(C)[C@H]2C1. The summed E-state index contributed by atoms with van der Waals surface area (Å²) < 4.78 is 0. The van der Waals surface area contributed by atoms with E-state index in [9.17, 15) is 4.79 Å². The predicted molar refractivity (Wildman–Crippen MR) is 69.6 cm³/mol. The topological polar surface area (TPSA) is 17.1 Å². The average Bonchev–Trinajstić information content (AvgIpc) is 2.81. The first kappa shape index (κ1) is 11.7. The van der Waals surface area contributed by atoms with Crippen LogP contribution >= 0.6 is 0 Å². The minimum atomic E-state index is 0.0839. The molecule has 0 amide bonds. The molecule has 3 saturated carbocycles. The molecule has 0 aromatic carbocycles. The van der Waals surface area contributed by atoms with Crippen molar-refractivity contribution in [1.29, 1.82) is 0 Å². The molecule has 0 bridgehead atoms. The van der Waals surface area contributed by atoms with Crippen LogP contribution in [0.5, 0.6) is 0 Å². The van der Waals surface area contributed by atoms with Crippen molar-refractivity contribution in [3.05, 3.63) is 0 Å². The zero-order valence-corrected chi connectivity index (χ0v) is 11.8. The van der Waals surface area contributed by atoms with E-state index in [0.29, 0.717) is 23.0 Å². The first-order valence-electron chi connectivity index (χ1n) is 7.44. The van der Waals surface area contributed by atoms with Gasteiger partial charge < -0.3 is 0 Å². The van der Waals surface area contributed by atoms with Crippen LogP contribution in [-0.4, -0.2) is 5.78 Å². The van der Waals surface area contributed by atoms with Crippen LogP contribution in [0.1, 0.15) is 59.8 Å². The third kappa shape index (κ3) is 1.40. The Bertz CT molecular complexity index is 359. The smallest absolute Gasteiger partial charge is 0.143 e. The maximum Gasteiger partial charge on any atom is 0.143 e. The Kier molecular flexibility index (Phi) is 2.32. The zero-order valence-electron chi connectivity index (χ0n) is 11.8. The highest BCUT2D eigenvalue weighted by atomic mass is 16.1. The molecule has 96 valence electrons. The van der Waals surface area contributed by atoms with Crippen LogP contribution in [0.4, 0.5) is 0 Å². The van der Waals surface area contributed by atoms with Gasteiger partial charge in [-0.25, -0.2) is 0 Å². The summed E-state index contributed by atoms with van der Waals surface area (Å²) in [6.07, 6.45) is 6.53. The number of Topliss-reactive ketones (excluding diaryl/α,β-unsaturated/α-hetero) is 1. The van der Waals surface area contributed by atoms with Crippen LogP contribution in [0, 0.1) is 34.5 Å². The number of ketones is 1. The molecule has 3 rings (SSSR count). The lowest BCUT2D eigenvalue weighted by Gasteiger charge is -2.50. The highest BCUT2D eigenvalue weighted by Gasteiger charge is 2.70. The lowest BCUT2D eigenvalue weighted by Crippen LogP contribution is -2.43. The summed E-state index contributed by atoms with van der Waals surface area (Å²) >= 11 is 0. The van der Waals surface area contributed by atoms with E-state index >= 15 is 0 Å². The van der Waals surface area contributed by atoms with Crippen LogP contribution in [-0.2, 0) is 4.79 Å². The average molecular weight is 234 g/mol. The molecular weight excluding hydrogens is 208 g/mol. The molecule has 3 aliphatic carbocycles. The lowest BCUT2D eigenvalue weighted by molar-refractivity contribution is -0.115. The summed E-state index contributed by atoms with van der Waals surface area (Å²) in [4.78, 5) is 12.1. The van der Waals surface area contributed by atoms with Gasteiger partial charge in [0.1, 0.15) is 5.78 Å². The lowest BCUT2D eigenvalue weighted by atomic mass is 9.53. The van der Waals surface area contributed by atoms with Gasteiger partial charge in [0.15, 0.2) is 0 Å². The Morgan fingerprint density at radius 2 is 1.82 bits per heavy atom. The molecule has 3 fully saturated rings. The summed E-state index contributed by atoms with van der Waals surface area (Å²) in [7, 11) is 0. The number of carbonyl (C=O) groups excluding carboxylic acids is 1. The minimum Gasteiger partial charge on any atom is -0.299 e. The van der Waals surface area contributed by atoms with E-state index in [0.717, 1.165) is 11.8 Å². The summed E-state index contributed by atoms with van der Waals surface area (Å²) in [5, 5.41) is 0. The van der Waals surface area contributed by atoms with Gasteiger partial charge in [-0.1, -0.05) is 27.7 Å². The molecule has 0 aliphatic heterocycles. The highest BCUT2D eigenvalue weighted by Crippen LogP contribution is 2.69. The van der Waals surface area contributed by atoms with Crippen molar-refractivity contribution in [1.82, 2.24) is 0 Å². The van der Waals surface area contributed by atoms with E-state index in [4.69, 9.17) is 0 Å². The van der Waals surface area contributed by atoms with Crippen LogP contribution in [0.25, 0.3) is 0 Å². The van der Waals surface area contributed by atoms with Crippen molar-refractivity contribution in [3.8, 4) is 0 Å². The maximum atomic E-state index is 12.1. The Labute approximate surface area is 105 Å². The van der Waals surface area contributed by atoms with Crippen molar-refractivity contribution in [2.45, 2.75) is 59.8 Å². The Morgan fingerprint density at radius 3 is 2.47 bits per heavy atom. The van der Waals surface area contributed by atoms with E-state index in [2.05, 4.69) is 27.7 Å². The summed E-state index contributed by atoms with van der Waals surface area (Å²) in [5.74, 6) is 3.36. The molecule has 1 unspecified atom stereocenters. The largest absolute Gasteiger partial charge is 0.299 e. The number of rotatable bonds is 1. The fourth-order valence-corrected chi connectivity index (χ4v) is 5.09. The first-order chi connectivity index (χ1) is 7.89. The molecule has 3 aliphatic rings. The molecule has 0 radical (unpaired) electrons. The van der Waals surface area contributed by atoms with Crippen molar-refractivity contribution in [3.63, 3.8) is 0 Å². The summed E-state index contributed by atoms with van der Waals surface area (Å²) in [6.45, 7) is 9.43. The van der Waals surface area contributed by atoms with Gasteiger partial charge in [-0.15, -0.1) is 0 Å². The van der Waals surface area contributed by atoms with Crippen molar-refractivity contribution < 1.29 is 4.79 Å². The molecule has 0 N–H and O–H groups in total. The quantitative estimate of drug-likeness (QED) is 0.668. The van der Waals surface area contributed by atoms with E-state index in [-0.39, 0.29) is 5.41 Å². The maximum absolute atomic E-state index is 12.1. The van der Waals surface area contributed by atoms with Gasteiger partial charge in [-0.05, 0) is 55.3 Å². The standard InChI is InChI=1S/C16H26O/c1-10(2)11-5-7-15(3)8-6-12-14(17)16(12,4)13(15)9-11/h10-13H,5-9H2,1-4H3/t11-,12?,13+,15-,16+/m1/s1. The number of hydrogen-bond donors (Lipinski definition) is 0. The number of fused-ring (bicyclic) bond motifs is 3. The Hall–Kier alpha value is -0.330. The zero-order chi connectivity index (χ0) is 12.4. The number of carbonyl (C=O) groups is 1. The van der Waals surface area contributed by atoms with Gasteiger partial charge >= 0.3 is 0 Å². The molecule has 5 atom stereocenters. The monoisotopic (exact) mass is 234 g/mol. The molecular formula is C16H26O. The first-order valence-corrected chi connectivity index (χ1v) is 7.44. The third-order valence-electron chi connectivity index (χ3n) is 6.62. The van der Waals surface area contributed by atoms with E-state index in [1.54, 1.807) is 0 Å². The third-order valence-corrected chi connectivity index (χ3v) is 6.62. The molecule has 17 heavy (non-hydrogen) atoms. The van der Waals surface area contributed by atoms with Crippen molar-refractivity contribution >= 4 is 5.78 Å². The fourth-order valence-electron chi connectivity index (χ4n) is 5.09. The molecule has 0 saturated heterocycles. The van der Waals surface area contributed by atoms with E-state index in [1.807, 2.05) is 0 Å². The van der Waals surface area contributed by atoms with Gasteiger partial charge in [0.25, 0.3) is 0 Å².